The first kappa shape index (κ1) is 28.9. The Bertz CT molecular complexity index is 1500. The number of likely N-dealkylation sites (N-methyl/N-ethyl adjacent to an activating group) is 2. The fourth-order valence-corrected chi connectivity index (χ4v) is 3.95. The van der Waals surface area contributed by atoms with Gasteiger partial charge in [0.25, 0.3) is 5.91 Å². The molecular formula is C28H32N10O3. The molecule has 1 unspecified atom stereocenters. The molecule has 41 heavy (non-hydrogen) atoms. The van der Waals surface area contributed by atoms with Gasteiger partial charge in [-0.05, 0) is 67.3 Å². The summed E-state index contributed by atoms with van der Waals surface area (Å²) in [5.74, 6) is 1.22. The van der Waals surface area contributed by atoms with Crippen LogP contribution in [0.15, 0.2) is 55.1 Å². The Morgan fingerprint density at radius 3 is 2.51 bits per heavy atom. The lowest BCUT2D eigenvalue weighted by Crippen LogP contribution is -2.33. The number of anilines is 2. The molecule has 13 nitrogen and oxygen atoms in total. The Morgan fingerprint density at radius 1 is 1.07 bits per heavy atom. The number of hydrogen-bond donors (Lipinski definition) is 1. The number of nitrogens with zero attached hydrogens (tertiary/aromatic N) is 9. The second-order valence-corrected chi connectivity index (χ2v) is 9.65. The molecule has 13 heteroatoms. The van der Waals surface area contributed by atoms with E-state index in [0.717, 1.165) is 17.7 Å². The van der Waals surface area contributed by atoms with Gasteiger partial charge in [0.2, 0.25) is 5.95 Å². The van der Waals surface area contributed by atoms with Crippen molar-refractivity contribution in [2.24, 2.45) is 0 Å². The van der Waals surface area contributed by atoms with Gasteiger partial charge >= 0.3 is 0 Å². The Morgan fingerprint density at radius 2 is 1.85 bits per heavy atom. The summed E-state index contributed by atoms with van der Waals surface area (Å²) >= 11 is 0. The molecule has 2 heterocycles. The number of nitrogens with one attached hydrogen (secondary N) is 1. The van der Waals surface area contributed by atoms with Gasteiger partial charge in [0.05, 0.1) is 24.9 Å². The van der Waals surface area contributed by atoms with Crippen LogP contribution < -0.4 is 14.8 Å². The van der Waals surface area contributed by atoms with E-state index in [1.54, 1.807) is 66.5 Å². The quantitative estimate of drug-likeness (QED) is 0.275. The zero-order valence-corrected chi connectivity index (χ0v) is 23.6. The molecule has 0 fully saturated rings. The van der Waals surface area contributed by atoms with Crippen molar-refractivity contribution in [3.8, 4) is 28.7 Å². The SMILES string of the molecule is COc1ccc(C(=O)N(C)CCN(C)C)cc1Nc1ncc(-c2ccc(C#N)c(OC(C)Cn3cnnn3)c2)cn1. The second kappa shape index (κ2) is 13.3. The lowest BCUT2D eigenvalue weighted by molar-refractivity contribution is 0.0786. The van der Waals surface area contributed by atoms with Gasteiger partial charge in [0, 0.05) is 43.7 Å². The van der Waals surface area contributed by atoms with E-state index >= 15 is 0 Å². The topological polar surface area (TPSA) is 147 Å². The number of carbonyl (C=O) groups excluding carboxylic acids is 1. The molecule has 4 rings (SSSR count). The molecule has 212 valence electrons. The molecule has 0 radical (unpaired) electrons. The maximum Gasteiger partial charge on any atom is 0.253 e. The van der Waals surface area contributed by atoms with Gasteiger partial charge in [-0.2, -0.15) is 5.26 Å². The Kier molecular flexibility index (Phi) is 9.39. The highest BCUT2D eigenvalue weighted by Crippen LogP contribution is 2.30. The highest BCUT2D eigenvalue weighted by atomic mass is 16.5. The van der Waals surface area contributed by atoms with Crippen LogP contribution in [0, 0.1) is 11.3 Å². The van der Waals surface area contributed by atoms with E-state index in [9.17, 15) is 10.1 Å². The summed E-state index contributed by atoms with van der Waals surface area (Å²) in [4.78, 5) is 25.6. The van der Waals surface area contributed by atoms with Gasteiger partial charge < -0.3 is 24.6 Å². The third-order valence-corrected chi connectivity index (χ3v) is 6.17. The van der Waals surface area contributed by atoms with E-state index in [1.165, 1.54) is 6.33 Å². The highest BCUT2D eigenvalue weighted by molar-refractivity contribution is 5.95. The van der Waals surface area contributed by atoms with Crippen LogP contribution in [0.3, 0.4) is 0 Å². The maximum atomic E-state index is 12.9. The van der Waals surface area contributed by atoms with E-state index in [1.807, 2.05) is 32.0 Å². The summed E-state index contributed by atoms with van der Waals surface area (Å²) in [6.07, 6.45) is 4.56. The third kappa shape index (κ3) is 7.52. The van der Waals surface area contributed by atoms with E-state index in [2.05, 4.69) is 36.9 Å². The number of amides is 1. The third-order valence-electron chi connectivity index (χ3n) is 6.17. The molecule has 0 bridgehead atoms. The fourth-order valence-electron chi connectivity index (χ4n) is 3.95. The van der Waals surface area contributed by atoms with Crippen molar-refractivity contribution >= 4 is 17.5 Å². The zero-order chi connectivity index (χ0) is 29.4. The van der Waals surface area contributed by atoms with Crippen molar-refractivity contribution in [2.45, 2.75) is 19.6 Å². The molecule has 1 N–H and O–H groups in total. The van der Waals surface area contributed by atoms with E-state index < -0.39 is 0 Å². The van der Waals surface area contributed by atoms with Crippen molar-refractivity contribution in [1.29, 1.82) is 5.26 Å². The molecule has 0 aliphatic rings. The molecule has 2 aromatic carbocycles. The molecule has 0 aliphatic carbocycles. The fraction of sp³-hybridized carbons (Fsp3) is 0.321. The minimum Gasteiger partial charge on any atom is -0.495 e. The molecule has 0 spiro atoms. The van der Waals surface area contributed by atoms with Gasteiger partial charge in [-0.25, -0.2) is 14.6 Å². The molecule has 4 aromatic rings. The summed E-state index contributed by atoms with van der Waals surface area (Å²) in [7, 11) is 7.27. The van der Waals surface area contributed by atoms with Crippen molar-refractivity contribution in [3.05, 3.63) is 66.2 Å². The summed E-state index contributed by atoms with van der Waals surface area (Å²) in [6, 6.07) is 12.7. The van der Waals surface area contributed by atoms with Crippen LogP contribution in [-0.2, 0) is 6.54 Å². The number of methoxy groups -OCH3 is 1. The first-order valence-corrected chi connectivity index (χ1v) is 12.9. The summed E-state index contributed by atoms with van der Waals surface area (Å²) in [6.45, 7) is 3.66. The van der Waals surface area contributed by atoms with E-state index in [0.29, 0.717) is 47.4 Å². The zero-order valence-electron chi connectivity index (χ0n) is 23.6. The normalized spacial score (nSPS) is 11.5. The van der Waals surface area contributed by atoms with Crippen molar-refractivity contribution < 1.29 is 14.3 Å². The smallest absolute Gasteiger partial charge is 0.253 e. The number of nitriles is 1. The van der Waals surface area contributed by atoms with Crippen molar-refractivity contribution in [3.63, 3.8) is 0 Å². The molecule has 0 aliphatic heterocycles. The first-order valence-electron chi connectivity index (χ1n) is 12.9. The average molecular weight is 557 g/mol. The van der Waals surface area contributed by atoms with Gasteiger partial charge in [0.15, 0.2) is 0 Å². The highest BCUT2D eigenvalue weighted by Gasteiger charge is 2.16. The number of tetrazole rings is 1. The molecule has 1 amide bonds. The predicted molar refractivity (Wildman–Crippen MR) is 152 cm³/mol. The minimum atomic E-state index is -0.283. The number of carbonyl (C=O) groups is 1. The van der Waals surface area contributed by atoms with Crippen LogP contribution in [0.4, 0.5) is 11.6 Å². The summed E-state index contributed by atoms with van der Waals surface area (Å²) in [5.41, 5.74) is 3.01. The largest absolute Gasteiger partial charge is 0.495 e. The average Bonchev–Trinajstić information content (AvgIpc) is 3.48. The summed E-state index contributed by atoms with van der Waals surface area (Å²) in [5, 5.41) is 23.8. The lowest BCUT2D eigenvalue weighted by Gasteiger charge is -2.20. The number of hydrogen-bond acceptors (Lipinski definition) is 11. The monoisotopic (exact) mass is 556 g/mol. The van der Waals surface area contributed by atoms with Crippen LogP contribution in [0.2, 0.25) is 0 Å². The Hall–Kier alpha value is -5.09. The lowest BCUT2D eigenvalue weighted by atomic mass is 10.1. The first-order chi connectivity index (χ1) is 19.8. The van der Waals surface area contributed by atoms with Crippen molar-refractivity contribution in [2.75, 3.05) is 46.7 Å². The Balaban J connectivity index is 1.49. The van der Waals surface area contributed by atoms with Crippen LogP contribution in [0.5, 0.6) is 11.5 Å². The molecule has 1 atom stereocenters. The Labute approximate surface area is 238 Å². The van der Waals surface area contributed by atoms with Gasteiger partial charge in [-0.15, -0.1) is 5.10 Å². The van der Waals surface area contributed by atoms with Gasteiger partial charge in [-0.1, -0.05) is 6.07 Å². The second-order valence-electron chi connectivity index (χ2n) is 9.65. The molecule has 0 saturated carbocycles. The van der Waals surface area contributed by atoms with E-state index in [4.69, 9.17) is 9.47 Å². The van der Waals surface area contributed by atoms with Crippen molar-refractivity contribution in [1.82, 2.24) is 40.0 Å². The number of rotatable bonds is 12. The van der Waals surface area contributed by atoms with Crippen LogP contribution in [0.1, 0.15) is 22.8 Å². The van der Waals surface area contributed by atoms with Crippen LogP contribution >= 0.6 is 0 Å². The molecular weight excluding hydrogens is 524 g/mol. The van der Waals surface area contributed by atoms with Crippen LogP contribution in [0.25, 0.3) is 11.1 Å². The number of ether oxygens (including phenoxy) is 2. The predicted octanol–water partition coefficient (Wildman–Crippen LogP) is 2.86. The van der Waals surface area contributed by atoms with Gasteiger partial charge in [0.1, 0.15) is 30.0 Å². The van der Waals surface area contributed by atoms with E-state index in [-0.39, 0.29) is 12.0 Å². The summed E-state index contributed by atoms with van der Waals surface area (Å²) < 4.78 is 13.1. The number of benzene rings is 2. The minimum absolute atomic E-state index is 0.0973. The number of aromatic nitrogens is 6. The maximum absolute atomic E-state index is 12.9. The van der Waals surface area contributed by atoms with Gasteiger partial charge in [-0.3, -0.25) is 4.79 Å². The standard InChI is InChI=1S/C28H32N10O3/c1-19(17-38-18-32-34-35-38)41-26-13-20(6-7-22(26)14-29)23-15-30-28(31-16-23)33-24-12-21(8-9-25(24)40-5)27(39)37(4)11-10-36(2)3/h6-9,12-13,15-16,18-19H,10-11,17H2,1-5H3,(H,30,31,33). The molecule has 2 aromatic heterocycles. The van der Waals surface area contributed by atoms with Crippen LogP contribution in [-0.4, -0.2) is 93.3 Å². The molecule has 0 saturated heterocycles.